The number of amides is 1. The molecule has 1 aliphatic rings. The largest absolute Gasteiger partial charge is 0.454 e. The number of hydrogen-bond donors (Lipinski definition) is 1. The average molecular weight is 383 g/mol. The fourth-order valence-electron chi connectivity index (χ4n) is 2.75. The maximum atomic E-state index is 12.5. The summed E-state index contributed by atoms with van der Waals surface area (Å²) < 4.78 is 10.6. The Morgan fingerprint density at radius 1 is 1.30 bits per heavy atom. The Bertz CT molecular complexity index is 930. The number of carbonyl (C=O) groups excluding carboxylic acids is 1. The predicted molar refractivity (Wildman–Crippen MR) is 104 cm³/mol. The number of ether oxygens (including phenoxy) is 2. The van der Waals surface area contributed by atoms with Gasteiger partial charge in [-0.25, -0.2) is 0 Å². The average Bonchev–Trinajstić information content (AvgIpc) is 3.12. The molecule has 27 heavy (non-hydrogen) atoms. The van der Waals surface area contributed by atoms with E-state index >= 15 is 0 Å². The van der Waals surface area contributed by atoms with Crippen molar-refractivity contribution in [3.8, 4) is 17.6 Å². The van der Waals surface area contributed by atoms with Crippen molar-refractivity contribution in [3.63, 3.8) is 0 Å². The van der Waals surface area contributed by atoms with Gasteiger partial charge in [-0.1, -0.05) is 42.8 Å². The molecule has 0 saturated carbocycles. The molecule has 0 radical (unpaired) electrons. The quantitative estimate of drug-likeness (QED) is 0.614. The molecule has 0 saturated heterocycles. The monoisotopic (exact) mass is 382 g/mol. The van der Waals surface area contributed by atoms with Gasteiger partial charge in [-0.3, -0.25) is 4.79 Å². The highest BCUT2D eigenvalue weighted by atomic mass is 35.5. The fraction of sp³-hybridized carbons (Fsp3) is 0.238. The van der Waals surface area contributed by atoms with Crippen molar-refractivity contribution in [3.05, 3.63) is 63.7 Å². The van der Waals surface area contributed by atoms with Crippen LogP contribution in [0, 0.1) is 11.3 Å². The molecule has 1 heterocycles. The van der Waals surface area contributed by atoms with Gasteiger partial charge in [0.15, 0.2) is 11.5 Å². The van der Waals surface area contributed by atoms with Crippen LogP contribution in [0.15, 0.2) is 42.0 Å². The SMILES string of the molecule is CCc1ccc([C@H](C)NC(=O)/C(C#N)=C/c2cc3c(cc2Cl)OCO3)cc1. The standard InChI is InChI=1S/C21H19ClN2O3/c1-3-14-4-6-15(7-5-14)13(2)24-21(25)17(11-23)8-16-9-19-20(10-18(16)22)27-12-26-19/h4-10,13H,3,12H2,1-2H3,(H,24,25)/b17-8+/t13-/m0/s1. The van der Waals surface area contributed by atoms with Crippen LogP contribution in [0.1, 0.15) is 36.6 Å². The lowest BCUT2D eigenvalue weighted by atomic mass is 10.0. The van der Waals surface area contributed by atoms with Crippen LogP contribution in [0.4, 0.5) is 0 Å². The van der Waals surface area contributed by atoms with E-state index in [1.165, 1.54) is 11.6 Å². The summed E-state index contributed by atoms with van der Waals surface area (Å²) in [5, 5.41) is 12.6. The molecule has 1 atom stereocenters. The van der Waals surface area contributed by atoms with E-state index in [4.69, 9.17) is 21.1 Å². The zero-order valence-electron chi connectivity index (χ0n) is 15.1. The number of fused-ring (bicyclic) bond motifs is 1. The van der Waals surface area contributed by atoms with Crippen molar-refractivity contribution in [1.82, 2.24) is 5.32 Å². The van der Waals surface area contributed by atoms with Crippen LogP contribution in [-0.2, 0) is 11.2 Å². The Labute approximate surface area is 163 Å². The van der Waals surface area contributed by atoms with E-state index < -0.39 is 5.91 Å². The topological polar surface area (TPSA) is 71.4 Å². The van der Waals surface area contributed by atoms with Gasteiger partial charge in [0.25, 0.3) is 5.91 Å². The molecule has 0 fully saturated rings. The summed E-state index contributed by atoms with van der Waals surface area (Å²) in [6.07, 6.45) is 2.41. The van der Waals surface area contributed by atoms with Crippen LogP contribution < -0.4 is 14.8 Å². The van der Waals surface area contributed by atoms with Gasteiger partial charge < -0.3 is 14.8 Å². The minimum absolute atomic E-state index is 0.0345. The number of carbonyl (C=O) groups is 1. The number of rotatable bonds is 5. The van der Waals surface area contributed by atoms with Crippen LogP contribution in [0.2, 0.25) is 5.02 Å². The number of halogens is 1. The summed E-state index contributed by atoms with van der Waals surface area (Å²) in [6, 6.07) is 13.0. The maximum absolute atomic E-state index is 12.5. The second-order valence-electron chi connectivity index (χ2n) is 6.19. The third-order valence-electron chi connectivity index (χ3n) is 4.39. The van der Waals surface area contributed by atoms with Gasteiger partial charge >= 0.3 is 0 Å². The molecule has 2 aromatic carbocycles. The molecule has 0 spiro atoms. The van der Waals surface area contributed by atoms with Crippen molar-refractivity contribution in [2.24, 2.45) is 0 Å². The third kappa shape index (κ3) is 4.24. The summed E-state index contributed by atoms with van der Waals surface area (Å²) in [5.74, 6) is 0.621. The van der Waals surface area contributed by atoms with Gasteiger partial charge in [0, 0.05) is 6.07 Å². The number of nitriles is 1. The Hall–Kier alpha value is -2.97. The third-order valence-corrected chi connectivity index (χ3v) is 4.72. The molecule has 0 unspecified atom stereocenters. The Balaban J connectivity index is 1.77. The minimum Gasteiger partial charge on any atom is -0.454 e. The van der Waals surface area contributed by atoms with Crippen LogP contribution in [0.25, 0.3) is 6.08 Å². The molecule has 1 aliphatic heterocycles. The molecule has 1 amide bonds. The first kappa shape index (κ1) is 18.8. The van der Waals surface area contributed by atoms with Gasteiger partial charge in [0.1, 0.15) is 11.6 Å². The van der Waals surface area contributed by atoms with Gasteiger partial charge in [0.05, 0.1) is 11.1 Å². The van der Waals surface area contributed by atoms with Crippen LogP contribution in [0.5, 0.6) is 11.5 Å². The lowest BCUT2D eigenvalue weighted by molar-refractivity contribution is -0.117. The molecule has 0 aliphatic carbocycles. The number of nitrogens with one attached hydrogen (secondary N) is 1. The molecule has 3 rings (SSSR count). The predicted octanol–water partition coefficient (Wildman–Crippen LogP) is 4.42. The molecule has 5 nitrogen and oxygen atoms in total. The molecule has 6 heteroatoms. The van der Waals surface area contributed by atoms with Crippen molar-refractivity contribution in [1.29, 1.82) is 5.26 Å². The second-order valence-corrected chi connectivity index (χ2v) is 6.59. The van der Waals surface area contributed by atoms with Crippen LogP contribution in [0.3, 0.4) is 0 Å². The number of aryl methyl sites for hydroxylation is 1. The Kier molecular flexibility index (Phi) is 5.68. The lowest BCUT2D eigenvalue weighted by Crippen LogP contribution is -2.27. The molecule has 138 valence electrons. The molecular weight excluding hydrogens is 364 g/mol. The summed E-state index contributed by atoms with van der Waals surface area (Å²) >= 11 is 6.22. The van der Waals surface area contributed by atoms with E-state index in [-0.39, 0.29) is 18.4 Å². The van der Waals surface area contributed by atoms with Crippen molar-refractivity contribution < 1.29 is 14.3 Å². The Morgan fingerprint density at radius 2 is 1.96 bits per heavy atom. The zero-order chi connectivity index (χ0) is 19.4. The maximum Gasteiger partial charge on any atom is 0.262 e. The summed E-state index contributed by atoms with van der Waals surface area (Å²) in [6.45, 7) is 4.09. The first-order chi connectivity index (χ1) is 13.0. The number of hydrogen-bond acceptors (Lipinski definition) is 4. The Morgan fingerprint density at radius 3 is 2.59 bits per heavy atom. The summed E-state index contributed by atoms with van der Waals surface area (Å²) in [5.41, 5.74) is 2.69. The molecule has 1 N–H and O–H groups in total. The van der Waals surface area contributed by atoms with Gasteiger partial charge in [-0.2, -0.15) is 5.26 Å². The first-order valence-corrected chi connectivity index (χ1v) is 9.00. The molecule has 2 aromatic rings. The van der Waals surface area contributed by atoms with E-state index in [1.54, 1.807) is 12.1 Å². The van der Waals surface area contributed by atoms with E-state index in [1.807, 2.05) is 37.3 Å². The molecule has 0 aromatic heterocycles. The lowest BCUT2D eigenvalue weighted by Gasteiger charge is -2.14. The fourth-order valence-corrected chi connectivity index (χ4v) is 2.96. The minimum atomic E-state index is -0.460. The summed E-state index contributed by atoms with van der Waals surface area (Å²) in [4.78, 5) is 12.5. The van der Waals surface area contributed by atoms with E-state index in [2.05, 4.69) is 12.2 Å². The van der Waals surface area contributed by atoms with Crippen molar-refractivity contribution in [2.45, 2.75) is 26.3 Å². The molecule has 0 bridgehead atoms. The highest BCUT2D eigenvalue weighted by Gasteiger charge is 2.18. The smallest absolute Gasteiger partial charge is 0.262 e. The van der Waals surface area contributed by atoms with Crippen molar-refractivity contribution in [2.75, 3.05) is 6.79 Å². The first-order valence-electron chi connectivity index (χ1n) is 8.62. The van der Waals surface area contributed by atoms with Gasteiger partial charge in [-0.15, -0.1) is 0 Å². The molecular formula is C21H19ClN2O3. The second kappa shape index (κ2) is 8.15. The van der Waals surface area contributed by atoms with Crippen molar-refractivity contribution >= 4 is 23.6 Å². The van der Waals surface area contributed by atoms with E-state index in [9.17, 15) is 10.1 Å². The van der Waals surface area contributed by atoms with Gasteiger partial charge in [0.2, 0.25) is 6.79 Å². The number of benzene rings is 2. The zero-order valence-corrected chi connectivity index (χ0v) is 15.8. The summed E-state index contributed by atoms with van der Waals surface area (Å²) in [7, 11) is 0. The highest BCUT2D eigenvalue weighted by Crippen LogP contribution is 2.37. The van der Waals surface area contributed by atoms with E-state index in [0.717, 1.165) is 12.0 Å². The van der Waals surface area contributed by atoms with Gasteiger partial charge in [-0.05, 0) is 42.2 Å². The highest BCUT2D eigenvalue weighted by molar-refractivity contribution is 6.32. The van der Waals surface area contributed by atoms with E-state index in [0.29, 0.717) is 22.1 Å². The van der Waals surface area contributed by atoms with Crippen LogP contribution >= 0.6 is 11.6 Å². The normalized spacial score (nSPS) is 13.8. The van der Waals surface area contributed by atoms with Crippen LogP contribution in [-0.4, -0.2) is 12.7 Å². The number of nitrogens with zero attached hydrogens (tertiary/aromatic N) is 1.